The van der Waals surface area contributed by atoms with E-state index in [0.29, 0.717) is 28.4 Å². The molecule has 0 aliphatic carbocycles. The van der Waals surface area contributed by atoms with E-state index in [0.717, 1.165) is 21.3 Å². The zero-order valence-corrected chi connectivity index (χ0v) is 18.5. The fourth-order valence-corrected chi connectivity index (χ4v) is 3.57. The van der Waals surface area contributed by atoms with Crippen LogP contribution in [-0.4, -0.2) is 18.0 Å². The Morgan fingerprint density at radius 3 is 2.59 bits per heavy atom. The molecule has 0 bridgehead atoms. The Balaban J connectivity index is 1.36. The Morgan fingerprint density at radius 1 is 0.938 bits per heavy atom. The molecule has 0 saturated heterocycles. The molecule has 1 amide bonds. The molecule has 0 saturated carbocycles. The van der Waals surface area contributed by atoms with Gasteiger partial charge < -0.3 is 18.9 Å². The Morgan fingerprint density at radius 2 is 1.78 bits per heavy atom. The first-order chi connectivity index (χ1) is 15.6. The lowest BCUT2D eigenvalue weighted by Gasteiger charge is -2.03. The Kier molecular flexibility index (Phi) is 5.25. The van der Waals surface area contributed by atoms with Crippen molar-refractivity contribution in [2.45, 2.75) is 0 Å². The Labute approximate surface area is 192 Å². The van der Waals surface area contributed by atoms with E-state index in [1.807, 2.05) is 48.5 Å². The predicted molar refractivity (Wildman–Crippen MR) is 126 cm³/mol. The van der Waals surface area contributed by atoms with E-state index in [1.165, 1.54) is 0 Å². The molecular formula is C25H17BrN2O4. The second kappa shape index (κ2) is 8.36. The second-order valence-corrected chi connectivity index (χ2v) is 7.97. The van der Waals surface area contributed by atoms with E-state index in [9.17, 15) is 4.79 Å². The smallest absolute Gasteiger partial charge is 0.291 e. The number of fused-ring (bicyclic) bond motifs is 1. The van der Waals surface area contributed by atoms with E-state index in [4.69, 9.17) is 13.6 Å². The van der Waals surface area contributed by atoms with Crippen LogP contribution in [0.25, 0.3) is 33.9 Å². The minimum absolute atomic E-state index is 0.222. The molecule has 5 aromatic rings. The molecule has 0 radical (unpaired) electrons. The first kappa shape index (κ1) is 20.1. The average Bonchev–Trinajstić information content (AvgIpc) is 3.47. The van der Waals surface area contributed by atoms with Crippen LogP contribution in [0.5, 0.6) is 5.75 Å². The minimum Gasteiger partial charge on any atom is -0.497 e. The average molecular weight is 489 g/mol. The number of anilines is 1. The minimum atomic E-state index is -0.343. The first-order valence-corrected chi connectivity index (χ1v) is 10.6. The molecule has 7 heteroatoms. The van der Waals surface area contributed by atoms with Crippen molar-refractivity contribution in [3.8, 4) is 28.5 Å². The summed E-state index contributed by atoms with van der Waals surface area (Å²) in [4.78, 5) is 17.2. The summed E-state index contributed by atoms with van der Waals surface area (Å²) in [5, 5.41) is 2.85. The maximum atomic E-state index is 12.7. The number of nitrogens with zero attached hydrogens (tertiary/aromatic N) is 1. The highest BCUT2D eigenvalue weighted by molar-refractivity contribution is 9.10. The topological polar surface area (TPSA) is 77.5 Å². The third-order valence-corrected chi connectivity index (χ3v) is 5.45. The molecule has 5 rings (SSSR count). The van der Waals surface area contributed by atoms with Gasteiger partial charge in [0, 0.05) is 21.3 Å². The zero-order valence-electron chi connectivity index (χ0n) is 17.0. The first-order valence-electron chi connectivity index (χ1n) is 9.81. The number of benzene rings is 3. The van der Waals surface area contributed by atoms with Gasteiger partial charge in [-0.1, -0.05) is 34.1 Å². The van der Waals surface area contributed by atoms with Gasteiger partial charge >= 0.3 is 0 Å². The molecule has 0 aliphatic heterocycles. The van der Waals surface area contributed by atoms with Gasteiger partial charge in [-0.2, -0.15) is 0 Å². The van der Waals surface area contributed by atoms with Crippen molar-refractivity contribution in [1.82, 2.24) is 4.98 Å². The van der Waals surface area contributed by atoms with Crippen molar-refractivity contribution >= 4 is 38.6 Å². The second-order valence-electron chi connectivity index (χ2n) is 7.06. The van der Waals surface area contributed by atoms with E-state index >= 15 is 0 Å². The van der Waals surface area contributed by atoms with Gasteiger partial charge in [0.15, 0.2) is 11.3 Å². The van der Waals surface area contributed by atoms with Crippen LogP contribution in [0.4, 0.5) is 5.69 Å². The van der Waals surface area contributed by atoms with Crippen molar-refractivity contribution in [1.29, 1.82) is 0 Å². The van der Waals surface area contributed by atoms with Gasteiger partial charge in [-0.25, -0.2) is 4.98 Å². The van der Waals surface area contributed by atoms with Crippen molar-refractivity contribution in [3.05, 3.63) is 89.1 Å². The highest BCUT2D eigenvalue weighted by Gasteiger charge is 2.14. The van der Waals surface area contributed by atoms with Gasteiger partial charge in [0.05, 0.1) is 7.11 Å². The summed E-state index contributed by atoms with van der Waals surface area (Å²) in [5.74, 6) is 1.70. The summed E-state index contributed by atoms with van der Waals surface area (Å²) >= 11 is 3.41. The number of nitrogens with one attached hydrogen (secondary N) is 1. The summed E-state index contributed by atoms with van der Waals surface area (Å²) < 4.78 is 17.8. The van der Waals surface area contributed by atoms with Crippen molar-refractivity contribution in [3.63, 3.8) is 0 Å². The van der Waals surface area contributed by atoms with Crippen LogP contribution in [-0.2, 0) is 0 Å². The van der Waals surface area contributed by atoms with E-state index in [1.54, 1.807) is 37.4 Å². The summed E-state index contributed by atoms with van der Waals surface area (Å²) in [5.41, 5.74) is 3.55. The molecule has 0 atom stereocenters. The lowest BCUT2D eigenvalue weighted by molar-refractivity contribution is 0.0997. The fraction of sp³-hybridized carbons (Fsp3) is 0.0400. The zero-order chi connectivity index (χ0) is 22.1. The summed E-state index contributed by atoms with van der Waals surface area (Å²) in [6, 6.07) is 23.9. The fourth-order valence-electron chi connectivity index (χ4n) is 3.31. The molecule has 0 fully saturated rings. The number of ether oxygens (including phenoxy) is 1. The van der Waals surface area contributed by atoms with E-state index in [2.05, 4.69) is 26.2 Å². The van der Waals surface area contributed by atoms with Gasteiger partial charge in [-0.05, 0) is 60.7 Å². The van der Waals surface area contributed by atoms with Crippen molar-refractivity contribution < 1.29 is 18.4 Å². The summed E-state index contributed by atoms with van der Waals surface area (Å²) in [6.07, 6.45) is 0. The Bertz CT molecular complexity index is 1420. The van der Waals surface area contributed by atoms with E-state index in [-0.39, 0.29) is 11.7 Å². The molecule has 0 aliphatic rings. The van der Waals surface area contributed by atoms with Crippen molar-refractivity contribution in [2.24, 2.45) is 0 Å². The normalized spacial score (nSPS) is 10.9. The lowest BCUT2D eigenvalue weighted by Crippen LogP contribution is -2.10. The van der Waals surface area contributed by atoms with Crippen LogP contribution in [0.15, 0.2) is 92.2 Å². The van der Waals surface area contributed by atoms with Gasteiger partial charge in [0.25, 0.3) is 5.91 Å². The number of aromatic nitrogens is 1. The molecular weight excluding hydrogens is 472 g/mol. The predicted octanol–water partition coefficient (Wildman–Crippen LogP) is 6.78. The molecule has 0 unspecified atom stereocenters. The highest BCUT2D eigenvalue weighted by Crippen LogP contribution is 2.29. The molecule has 158 valence electrons. The molecule has 1 N–H and O–H groups in total. The number of furan rings is 1. The molecule has 6 nitrogen and oxygen atoms in total. The van der Waals surface area contributed by atoms with Crippen molar-refractivity contribution in [2.75, 3.05) is 12.4 Å². The van der Waals surface area contributed by atoms with Gasteiger partial charge in [0.1, 0.15) is 17.0 Å². The number of hydrogen-bond donors (Lipinski definition) is 1. The standard InChI is InChI=1S/C25H17BrN2O4/c1-30-19-4-2-3-16(13-19)25-28-20-14-18(9-10-22(20)32-25)27-24(29)23-12-11-21(31-23)15-5-7-17(26)8-6-15/h2-14H,1H3,(H,27,29). The van der Waals surface area contributed by atoms with E-state index < -0.39 is 0 Å². The number of hydrogen-bond acceptors (Lipinski definition) is 5. The van der Waals surface area contributed by atoms with Crippen LogP contribution in [0.1, 0.15) is 10.6 Å². The van der Waals surface area contributed by atoms with Crippen LogP contribution in [0, 0.1) is 0 Å². The summed E-state index contributed by atoms with van der Waals surface area (Å²) in [6.45, 7) is 0. The molecule has 3 aromatic carbocycles. The Hall–Kier alpha value is -3.84. The molecule has 2 aromatic heterocycles. The number of carbonyl (C=O) groups is 1. The number of halogens is 1. The summed E-state index contributed by atoms with van der Waals surface area (Å²) in [7, 11) is 1.61. The quantitative estimate of drug-likeness (QED) is 0.295. The number of rotatable bonds is 5. The van der Waals surface area contributed by atoms with Crippen LogP contribution in [0.3, 0.4) is 0 Å². The number of carbonyl (C=O) groups excluding carboxylic acids is 1. The maximum absolute atomic E-state index is 12.7. The molecule has 32 heavy (non-hydrogen) atoms. The third-order valence-electron chi connectivity index (χ3n) is 4.92. The lowest BCUT2D eigenvalue weighted by atomic mass is 10.2. The SMILES string of the molecule is COc1cccc(-c2nc3cc(NC(=O)c4ccc(-c5ccc(Br)cc5)o4)ccc3o2)c1. The highest BCUT2D eigenvalue weighted by atomic mass is 79.9. The molecule has 2 heterocycles. The number of amides is 1. The van der Waals surface area contributed by atoms with Gasteiger partial charge in [-0.15, -0.1) is 0 Å². The van der Waals surface area contributed by atoms with Gasteiger partial charge in [-0.3, -0.25) is 4.79 Å². The van der Waals surface area contributed by atoms with Crippen LogP contribution < -0.4 is 10.1 Å². The largest absolute Gasteiger partial charge is 0.497 e. The van der Waals surface area contributed by atoms with Gasteiger partial charge in [0.2, 0.25) is 5.89 Å². The van der Waals surface area contributed by atoms with Crippen LogP contribution in [0.2, 0.25) is 0 Å². The maximum Gasteiger partial charge on any atom is 0.291 e. The molecule has 0 spiro atoms. The third kappa shape index (κ3) is 4.02. The number of methoxy groups -OCH3 is 1. The monoisotopic (exact) mass is 488 g/mol. The number of oxazole rings is 1. The van der Waals surface area contributed by atoms with Crippen LogP contribution >= 0.6 is 15.9 Å².